The summed E-state index contributed by atoms with van der Waals surface area (Å²) in [5.74, 6) is -1.59. The van der Waals surface area contributed by atoms with E-state index in [9.17, 15) is 18.8 Å². The van der Waals surface area contributed by atoms with Crippen LogP contribution in [0.4, 0.5) is 20.6 Å². The third-order valence-corrected chi connectivity index (χ3v) is 6.21. The van der Waals surface area contributed by atoms with Crippen molar-refractivity contribution < 1.29 is 23.5 Å². The maximum absolute atomic E-state index is 14.0. The summed E-state index contributed by atoms with van der Waals surface area (Å²) in [6, 6.07) is 29.7. The summed E-state index contributed by atoms with van der Waals surface area (Å²) < 4.78 is 19.7. The van der Waals surface area contributed by atoms with E-state index in [2.05, 4.69) is 10.6 Å². The van der Waals surface area contributed by atoms with E-state index in [1.54, 1.807) is 54.6 Å². The molecule has 5 rings (SSSR count). The van der Waals surface area contributed by atoms with Gasteiger partial charge in [-0.05, 0) is 47.5 Å². The van der Waals surface area contributed by atoms with E-state index in [4.69, 9.17) is 4.74 Å². The number of carbonyl (C=O) groups is 3. The molecule has 190 valence electrons. The Morgan fingerprint density at radius 3 is 2.05 bits per heavy atom. The van der Waals surface area contributed by atoms with Gasteiger partial charge in [-0.25, -0.2) is 9.18 Å². The van der Waals surface area contributed by atoms with Crippen molar-refractivity contribution in [1.82, 2.24) is 4.90 Å². The Labute approximate surface area is 218 Å². The number of halogens is 1. The molecule has 0 radical (unpaired) electrons. The summed E-state index contributed by atoms with van der Waals surface area (Å²) >= 11 is 0. The molecule has 0 bridgehead atoms. The van der Waals surface area contributed by atoms with Gasteiger partial charge in [0.25, 0.3) is 11.8 Å². The van der Waals surface area contributed by atoms with Gasteiger partial charge in [0.15, 0.2) is 12.1 Å². The van der Waals surface area contributed by atoms with Crippen molar-refractivity contribution in [2.75, 3.05) is 10.6 Å². The van der Waals surface area contributed by atoms with E-state index in [1.807, 2.05) is 36.4 Å². The largest absolute Gasteiger partial charge is 0.438 e. The van der Waals surface area contributed by atoms with E-state index < -0.39 is 30.0 Å². The predicted octanol–water partition coefficient (Wildman–Crippen LogP) is 5.78. The lowest BCUT2D eigenvalue weighted by Crippen LogP contribution is -2.43. The second-order valence-corrected chi connectivity index (χ2v) is 8.77. The SMILES string of the molecule is O=C(Nc1ccc(C2OC(=O)N(Cc3ccccc3)C2C(=O)Nc2ccccc2)cc1)c1ccccc1F. The summed E-state index contributed by atoms with van der Waals surface area (Å²) in [5, 5.41) is 5.53. The molecule has 2 unspecified atom stereocenters. The fraction of sp³-hybridized carbons (Fsp3) is 0.100. The third-order valence-electron chi connectivity index (χ3n) is 6.21. The van der Waals surface area contributed by atoms with Crippen LogP contribution in [-0.4, -0.2) is 28.8 Å². The highest BCUT2D eigenvalue weighted by Gasteiger charge is 2.47. The minimum Gasteiger partial charge on any atom is -0.438 e. The lowest BCUT2D eigenvalue weighted by atomic mass is 10.00. The van der Waals surface area contributed by atoms with Crippen molar-refractivity contribution in [3.63, 3.8) is 0 Å². The first-order valence-corrected chi connectivity index (χ1v) is 12.0. The molecule has 0 spiro atoms. The molecule has 4 aromatic carbocycles. The molecule has 38 heavy (non-hydrogen) atoms. The number of anilines is 2. The van der Waals surface area contributed by atoms with Gasteiger partial charge in [0.1, 0.15) is 5.82 Å². The zero-order valence-corrected chi connectivity index (χ0v) is 20.2. The molecule has 1 fully saturated rings. The molecule has 1 heterocycles. The number of cyclic esters (lactones) is 1. The molecule has 1 aliphatic rings. The zero-order chi connectivity index (χ0) is 26.5. The molecule has 1 aliphatic heterocycles. The van der Waals surface area contributed by atoms with Gasteiger partial charge in [0.05, 0.1) is 12.1 Å². The van der Waals surface area contributed by atoms with E-state index in [-0.39, 0.29) is 18.0 Å². The first kappa shape index (κ1) is 24.7. The molecular weight excluding hydrogens is 485 g/mol. The quantitative estimate of drug-likeness (QED) is 0.331. The number of ether oxygens (including phenoxy) is 1. The molecular formula is C30H24FN3O4. The van der Waals surface area contributed by atoms with Gasteiger partial charge >= 0.3 is 6.09 Å². The Morgan fingerprint density at radius 1 is 0.763 bits per heavy atom. The number of rotatable bonds is 7. The molecule has 3 amide bonds. The van der Waals surface area contributed by atoms with Gasteiger partial charge in [-0.15, -0.1) is 0 Å². The third kappa shape index (κ3) is 5.39. The number of nitrogens with zero attached hydrogens (tertiary/aromatic N) is 1. The molecule has 2 N–H and O–H groups in total. The molecule has 4 aromatic rings. The number of hydrogen-bond acceptors (Lipinski definition) is 4. The van der Waals surface area contributed by atoms with Crippen LogP contribution in [0, 0.1) is 5.82 Å². The van der Waals surface area contributed by atoms with Crippen LogP contribution in [0.1, 0.15) is 27.6 Å². The van der Waals surface area contributed by atoms with Gasteiger partial charge in [0.2, 0.25) is 0 Å². The molecule has 8 heteroatoms. The first-order valence-electron chi connectivity index (χ1n) is 12.0. The summed E-state index contributed by atoms with van der Waals surface area (Å²) in [6.45, 7) is 0.194. The molecule has 7 nitrogen and oxygen atoms in total. The van der Waals surface area contributed by atoms with Crippen LogP contribution in [0.2, 0.25) is 0 Å². The normalized spacial score (nSPS) is 16.6. The standard InChI is InChI=1S/C30H24FN3O4/c31-25-14-8-7-13-24(25)28(35)32-23-17-15-21(16-18-23)27-26(29(36)33-22-11-5-2-6-12-22)34(30(37)38-27)19-20-9-3-1-4-10-20/h1-18,26-27H,19H2,(H,32,35)(H,33,36). The zero-order valence-electron chi connectivity index (χ0n) is 20.2. The Balaban J connectivity index is 1.39. The van der Waals surface area contributed by atoms with Crippen molar-refractivity contribution in [1.29, 1.82) is 0 Å². The van der Waals surface area contributed by atoms with Crippen molar-refractivity contribution in [3.05, 3.63) is 132 Å². The lowest BCUT2D eigenvalue weighted by Gasteiger charge is -2.24. The number of nitrogens with one attached hydrogen (secondary N) is 2. The minimum atomic E-state index is -0.943. The number of hydrogen-bond donors (Lipinski definition) is 2. The lowest BCUT2D eigenvalue weighted by molar-refractivity contribution is -0.121. The molecule has 0 saturated carbocycles. The summed E-state index contributed by atoms with van der Waals surface area (Å²) in [4.78, 5) is 40.3. The van der Waals surface area contributed by atoms with Crippen LogP contribution in [0.25, 0.3) is 0 Å². The van der Waals surface area contributed by atoms with Crippen LogP contribution in [0.3, 0.4) is 0 Å². The number of para-hydroxylation sites is 1. The van der Waals surface area contributed by atoms with Crippen molar-refractivity contribution in [2.24, 2.45) is 0 Å². The monoisotopic (exact) mass is 509 g/mol. The number of benzene rings is 4. The fourth-order valence-electron chi connectivity index (χ4n) is 4.33. The van der Waals surface area contributed by atoms with Gasteiger partial charge in [-0.2, -0.15) is 0 Å². The van der Waals surface area contributed by atoms with E-state index in [0.29, 0.717) is 16.9 Å². The number of amides is 3. The van der Waals surface area contributed by atoms with Crippen LogP contribution in [0.5, 0.6) is 0 Å². The second kappa shape index (κ2) is 11.0. The summed E-state index contributed by atoms with van der Waals surface area (Å²) in [6.07, 6.45) is -1.49. The van der Waals surface area contributed by atoms with Crippen LogP contribution < -0.4 is 10.6 Å². The molecule has 1 saturated heterocycles. The second-order valence-electron chi connectivity index (χ2n) is 8.77. The Morgan fingerprint density at radius 2 is 1.37 bits per heavy atom. The molecule has 0 aromatic heterocycles. The van der Waals surface area contributed by atoms with Crippen LogP contribution in [-0.2, 0) is 16.1 Å². The van der Waals surface area contributed by atoms with Gasteiger partial charge < -0.3 is 15.4 Å². The van der Waals surface area contributed by atoms with Crippen molar-refractivity contribution in [2.45, 2.75) is 18.7 Å². The Hall–Kier alpha value is -4.98. The van der Waals surface area contributed by atoms with E-state index in [0.717, 1.165) is 5.56 Å². The topological polar surface area (TPSA) is 87.7 Å². The highest BCUT2D eigenvalue weighted by Crippen LogP contribution is 2.35. The molecule has 0 aliphatic carbocycles. The minimum absolute atomic E-state index is 0.0736. The van der Waals surface area contributed by atoms with E-state index in [1.165, 1.54) is 23.1 Å². The van der Waals surface area contributed by atoms with Crippen LogP contribution >= 0.6 is 0 Å². The summed E-state index contributed by atoms with van der Waals surface area (Å²) in [5.41, 5.74) is 2.38. The van der Waals surface area contributed by atoms with Crippen molar-refractivity contribution in [3.8, 4) is 0 Å². The maximum Gasteiger partial charge on any atom is 0.411 e. The van der Waals surface area contributed by atoms with E-state index >= 15 is 0 Å². The average Bonchev–Trinajstić information content (AvgIpc) is 3.26. The fourth-order valence-corrected chi connectivity index (χ4v) is 4.33. The Bertz CT molecular complexity index is 1450. The number of carbonyl (C=O) groups excluding carboxylic acids is 3. The van der Waals surface area contributed by atoms with Gasteiger partial charge in [-0.1, -0.05) is 72.8 Å². The Kier molecular flexibility index (Phi) is 7.13. The van der Waals surface area contributed by atoms with Gasteiger partial charge in [0, 0.05) is 11.4 Å². The highest BCUT2D eigenvalue weighted by atomic mass is 19.1. The smallest absolute Gasteiger partial charge is 0.411 e. The highest BCUT2D eigenvalue weighted by molar-refractivity contribution is 6.04. The van der Waals surface area contributed by atoms with Crippen molar-refractivity contribution >= 4 is 29.3 Å². The predicted molar refractivity (Wildman–Crippen MR) is 141 cm³/mol. The summed E-state index contributed by atoms with van der Waals surface area (Å²) in [7, 11) is 0. The first-order chi connectivity index (χ1) is 18.5. The van der Waals surface area contributed by atoms with Gasteiger partial charge in [-0.3, -0.25) is 14.5 Å². The van der Waals surface area contributed by atoms with Crippen LogP contribution in [0.15, 0.2) is 109 Å². The maximum atomic E-state index is 14.0. The molecule has 2 atom stereocenters. The average molecular weight is 510 g/mol.